The van der Waals surface area contributed by atoms with Gasteiger partial charge >= 0.3 is 0 Å². The fourth-order valence-electron chi connectivity index (χ4n) is 2.45. The van der Waals surface area contributed by atoms with Gasteiger partial charge in [0.05, 0.1) is 0 Å². The van der Waals surface area contributed by atoms with Gasteiger partial charge in [-0.3, -0.25) is 0 Å². The first-order chi connectivity index (χ1) is 9.33. The fraction of sp³-hybridized carbons (Fsp3) is 0.267. The first-order valence-electron chi connectivity index (χ1n) is 6.47. The summed E-state index contributed by atoms with van der Waals surface area (Å²) in [5.41, 5.74) is 3.84. The van der Waals surface area contributed by atoms with Gasteiger partial charge in [-0.15, -0.1) is 0 Å². The van der Waals surface area contributed by atoms with Crippen molar-refractivity contribution < 1.29 is 0 Å². The highest BCUT2D eigenvalue weighted by molar-refractivity contribution is 6.29. The monoisotopic (exact) mass is 273 g/mol. The number of aromatic nitrogens is 1. The van der Waals surface area contributed by atoms with Gasteiger partial charge in [-0.1, -0.05) is 29.8 Å². The second-order valence-electron chi connectivity index (χ2n) is 4.71. The SMILES string of the molecule is Clc1cc(CN2CCNCc3ccccc32)ccn1. The van der Waals surface area contributed by atoms with E-state index in [1.165, 1.54) is 16.8 Å². The third kappa shape index (κ3) is 2.88. The minimum absolute atomic E-state index is 0.554. The zero-order chi connectivity index (χ0) is 13.1. The molecule has 2 aromatic rings. The van der Waals surface area contributed by atoms with Crippen LogP contribution in [0.2, 0.25) is 5.15 Å². The normalized spacial score (nSPS) is 14.9. The molecule has 0 saturated carbocycles. The molecule has 1 aromatic carbocycles. The van der Waals surface area contributed by atoms with Crippen LogP contribution in [0.15, 0.2) is 42.6 Å². The lowest BCUT2D eigenvalue weighted by atomic mass is 10.1. The predicted octanol–water partition coefficient (Wildman–Crippen LogP) is 2.84. The molecule has 0 fully saturated rings. The molecule has 0 amide bonds. The molecule has 3 rings (SSSR count). The highest BCUT2D eigenvalue weighted by Gasteiger charge is 2.14. The number of rotatable bonds is 2. The van der Waals surface area contributed by atoms with Gasteiger partial charge in [0.25, 0.3) is 0 Å². The maximum absolute atomic E-state index is 5.95. The summed E-state index contributed by atoms with van der Waals surface area (Å²) in [7, 11) is 0. The lowest BCUT2D eigenvalue weighted by Gasteiger charge is -2.24. The van der Waals surface area contributed by atoms with E-state index in [0.717, 1.165) is 26.2 Å². The van der Waals surface area contributed by atoms with Gasteiger partial charge in [0.15, 0.2) is 0 Å². The van der Waals surface area contributed by atoms with Crippen LogP contribution in [-0.2, 0) is 13.1 Å². The van der Waals surface area contributed by atoms with Crippen molar-refractivity contribution in [3.63, 3.8) is 0 Å². The Kier molecular flexibility index (Phi) is 3.67. The van der Waals surface area contributed by atoms with E-state index in [1.54, 1.807) is 6.20 Å². The topological polar surface area (TPSA) is 28.2 Å². The van der Waals surface area contributed by atoms with Crippen molar-refractivity contribution >= 4 is 17.3 Å². The van der Waals surface area contributed by atoms with Crippen LogP contribution >= 0.6 is 11.6 Å². The van der Waals surface area contributed by atoms with E-state index < -0.39 is 0 Å². The highest BCUT2D eigenvalue weighted by atomic mass is 35.5. The van der Waals surface area contributed by atoms with E-state index >= 15 is 0 Å². The molecule has 0 aliphatic carbocycles. The second-order valence-corrected chi connectivity index (χ2v) is 5.10. The molecule has 0 spiro atoms. The predicted molar refractivity (Wildman–Crippen MR) is 78.4 cm³/mol. The molecule has 4 heteroatoms. The van der Waals surface area contributed by atoms with Gasteiger partial charge in [0.2, 0.25) is 0 Å². The number of pyridine rings is 1. The Morgan fingerprint density at radius 1 is 1.26 bits per heavy atom. The van der Waals surface area contributed by atoms with Gasteiger partial charge in [-0.05, 0) is 29.3 Å². The summed E-state index contributed by atoms with van der Waals surface area (Å²) in [5.74, 6) is 0. The maximum atomic E-state index is 5.95. The van der Waals surface area contributed by atoms with E-state index in [0.29, 0.717) is 5.15 Å². The van der Waals surface area contributed by atoms with Crippen LogP contribution in [-0.4, -0.2) is 18.1 Å². The number of halogens is 1. The molecule has 19 heavy (non-hydrogen) atoms. The Morgan fingerprint density at radius 2 is 2.16 bits per heavy atom. The molecule has 0 unspecified atom stereocenters. The summed E-state index contributed by atoms with van der Waals surface area (Å²) in [6.45, 7) is 3.79. The average Bonchev–Trinajstić information content (AvgIpc) is 2.62. The van der Waals surface area contributed by atoms with Crippen molar-refractivity contribution in [2.75, 3.05) is 18.0 Å². The zero-order valence-electron chi connectivity index (χ0n) is 10.6. The van der Waals surface area contributed by atoms with E-state index in [2.05, 4.69) is 39.5 Å². The van der Waals surface area contributed by atoms with E-state index in [-0.39, 0.29) is 0 Å². The number of nitrogens with zero attached hydrogens (tertiary/aromatic N) is 2. The smallest absolute Gasteiger partial charge is 0.129 e. The van der Waals surface area contributed by atoms with Crippen molar-refractivity contribution in [2.45, 2.75) is 13.1 Å². The van der Waals surface area contributed by atoms with Gasteiger partial charge in [-0.2, -0.15) is 0 Å². The van der Waals surface area contributed by atoms with Crippen LogP contribution in [0.5, 0.6) is 0 Å². The standard InChI is InChI=1S/C15H16ClN3/c16-15-9-12(5-6-18-15)11-19-8-7-17-10-13-3-1-2-4-14(13)19/h1-6,9,17H,7-8,10-11H2. The van der Waals surface area contributed by atoms with E-state index in [9.17, 15) is 0 Å². The Morgan fingerprint density at radius 3 is 3.05 bits per heavy atom. The molecule has 0 saturated heterocycles. The summed E-state index contributed by atoms with van der Waals surface area (Å²) >= 11 is 5.95. The lowest BCUT2D eigenvalue weighted by molar-refractivity contribution is 0.688. The number of nitrogens with one attached hydrogen (secondary N) is 1. The van der Waals surface area contributed by atoms with Crippen molar-refractivity contribution in [1.82, 2.24) is 10.3 Å². The van der Waals surface area contributed by atoms with Gasteiger partial charge < -0.3 is 10.2 Å². The van der Waals surface area contributed by atoms with Gasteiger partial charge in [-0.25, -0.2) is 4.98 Å². The third-order valence-corrected chi connectivity index (χ3v) is 3.58. The third-order valence-electron chi connectivity index (χ3n) is 3.37. The summed E-state index contributed by atoms with van der Waals surface area (Å²) in [6, 6.07) is 12.5. The number of para-hydroxylation sites is 1. The van der Waals surface area contributed by atoms with Gasteiger partial charge in [0.1, 0.15) is 5.15 Å². The highest BCUT2D eigenvalue weighted by Crippen LogP contribution is 2.24. The van der Waals surface area contributed by atoms with Crippen molar-refractivity contribution in [1.29, 1.82) is 0 Å². The summed E-state index contributed by atoms with van der Waals surface area (Å²) < 4.78 is 0. The van der Waals surface area contributed by atoms with Crippen LogP contribution < -0.4 is 10.2 Å². The van der Waals surface area contributed by atoms with E-state index in [4.69, 9.17) is 11.6 Å². The molecule has 0 atom stereocenters. The summed E-state index contributed by atoms with van der Waals surface area (Å²) in [6.07, 6.45) is 1.76. The van der Waals surface area contributed by atoms with Crippen molar-refractivity contribution in [3.8, 4) is 0 Å². The number of anilines is 1. The molecular weight excluding hydrogens is 258 g/mol. The minimum Gasteiger partial charge on any atom is -0.366 e. The first kappa shape index (κ1) is 12.5. The number of hydrogen-bond donors (Lipinski definition) is 1. The van der Waals surface area contributed by atoms with Crippen LogP contribution in [0.1, 0.15) is 11.1 Å². The molecular formula is C15H16ClN3. The summed E-state index contributed by atoms with van der Waals surface area (Å²) in [5, 5.41) is 4.00. The molecule has 1 N–H and O–H groups in total. The molecule has 1 aliphatic heterocycles. The fourth-order valence-corrected chi connectivity index (χ4v) is 2.65. The first-order valence-corrected chi connectivity index (χ1v) is 6.85. The van der Waals surface area contributed by atoms with Crippen molar-refractivity contribution in [2.24, 2.45) is 0 Å². The zero-order valence-corrected chi connectivity index (χ0v) is 11.4. The van der Waals surface area contributed by atoms with Crippen LogP contribution in [0.3, 0.4) is 0 Å². The molecule has 1 aromatic heterocycles. The molecule has 2 heterocycles. The quantitative estimate of drug-likeness (QED) is 0.853. The Hall–Kier alpha value is -1.58. The van der Waals surface area contributed by atoms with Crippen LogP contribution in [0, 0.1) is 0 Å². The number of fused-ring (bicyclic) bond motifs is 1. The second kappa shape index (κ2) is 5.59. The molecule has 3 nitrogen and oxygen atoms in total. The Bertz CT molecular complexity index is 571. The molecule has 0 radical (unpaired) electrons. The Balaban J connectivity index is 1.88. The minimum atomic E-state index is 0.554. The molecule has 1 aliphatic rings. The van der Waals surface area contributed by atoms with E-state index in [1.807, 2.05) is 12.1 Å². The lowest BCUT2D eigenvalue weighted by Crippen LogP contribution is -2.28. The molecule has 98 valence electrons. The van der Waals surface area contributed by atoms with Crippen LogP contribution in [0.4, 0.5) is 5.69 Å². The van der Waals surface area contributed by atoms with Crippen LogP contribution in [0.25, 0.3) is 0 Å². The molecule has 0 bridgehead atoms. The largest absolute Gasteiger partial charge is 0.366 e. The number of hydrogen-bond acceptors (Lipinski definition) is 3. The van der Waals surface area contributed by atoms with Crippen molar-refractivity contribution in [3.05, 3.63) is 58.9 Å². The average molecular weight is 274 g/mol. The maximum Gasteiger partial charge on any atom is 0.129 e. The van der Waals surface area contributed by atoms with Gasteiger partial charge in [0, 0.05) is 38.1 Å². The summed E-state index contributed by atoms with van der Waals surface area (Å²) in [4.78, 5) is 6.42. The number of benzene rings is 1. The Labute approximate surface area is 118 Å².